The van der Waals surface area contributed by atoms with Gasteiger partial charge in [0.05, 0.1) is 26.2 Å². The molecular formula is C22H20N2O5. The molecule has 0 fully saturated rings. The third kappa shape index (κ3) is 5.04. The SMILES string of the molecule is COc1ccc(NC(=O)C(=Cc2ccco2)NC(=O)c2ccccc2)c(OC)c1. The molecule has 0 saturated carbocycles. The van der Waals surface area contributed by atoms with Crippen LogP contribution in [0.4, 0.5) is 5.69 Å². The van der Waals surface area contributed by atoms with Crippen molar-refractivity contribution >= 4 is 23.6 Å². The van der Waals surface area contributed by atoms with Crippen molar-refractivity contribution in [2.45, 2.75) is 0 Å². The lowest BCUT2D eigenvalue weighted by atomic mass is 10.2. The number of furan rings is 1. The van der Waals surface area contributed by atoms with Crippen molar-refractivity contribution in [1.82, 2.24) is 5.32 Å². The monoisotopic (exact) mass is 392 g/mol. The van der Waals surface area contributed by atoms with Crippen LogP contribution >= 0.6 is 0 Å². The summed E-state index contributed by atoms with van der Waals surface area (Å²) in [6.45, 7) is 0. The van der Waals surface area contributed by atoms with Gasteiger partial charge in [-0.15, -0.1) is 0 Å². The summed E-state index contributed by atoms with van der Waals surface area (Å²) < 4.78 is 15.7. The van der Waals surface area contributed by atoms with Gasteiger partial charge < -0.3 is 24.5 Å². The van der Waals surface area contributed by atoms with Crippen molar-refractivity contribution in [3.05, 3.63) is 83.9 Å². The average molecular weight is 392 g/mol. The summed E-state index contributed by atoms with van der Waals surface area (Å²) in [6, 6.07) is 17.0. The quantitative estimate of drug-likeness (QED) is 0.599. The molecule has 0 saturated heterocycles. The number of hydrogen-bond donors (Lipinski definition) is 2. The molecule has 1 aromatic heterocycles. The minimum atomic E-state index is -0.533. The number of rotatable bonds is 7. The molecule has 0 atom stereocenters. The first-order valence-corrected chi connectivity index (χ1v) is 8.75. The van der Waals surface area contributed by atoms with E-state index in [1.165, 1.54) is 26.6 Å². The van der Waals surface area contributed by atoms with Crippen LogP contribution in [-0.4, -0.2) is 26.0 Å². The molecule has 1 heterocycles. The van der Waals surface area contributed by atoms with Gasteiger partial charge in [0.2, 0.25) is 0 Å². The summed E-state index contributed by atoms with van der Waals surface area (Å²) in [6.07, 6.45) is 2.93. The molecule has 29 heavy (non-hydrogen) atoms. The van der Waals surface area contributed by atoms with Crippen LogP contribution in [0.15, 0.2) is 77.0 Å². The number of carbonyl (C=O) groups excluding carboxylic acids is 2. The Balaban J connectivity index is 1.86. The smallest absolute Gasteiger partial charge is 0.272 e. The Morgan fingerprint density at radius 2 is 1.76 bits per heavy atom. The first-order chi connectivity index (χ1) is 14.1. The van der Waals surface area contributed by atoms with E-state index in [1.54, 1.807) is 60.7 Å². The van der Waals surface area contributed by atoms with Gasteiger partial charge in [0, 0.05) is 17.7 Å². The zero-order valence-electron chi connectivity index (χ0n) is 16.0. The highest BCUT2D eigenvalue weighted by Gasteiger charge is 2.17. The Morgan fingerprint density at radius 3 is 2.41 bits per heavy atom. The van der Waals surface area contributed by atoms with Gasteiger partial charge in [0.1, 0.15) is 23.0 Å². The van der Waals surface area contributed by atoms with Crippen molar-refractivity contribution in [2.24, 2.45) is 0 Å². The molecule has 2 aromatic carbocycles. The van der Waals surface area contributed by atoms with Crippen LogP contribution in [0.2, 0.25) is 0 Å². The zero-order valence-corrected chi connectivity index (χ0v) is 16.0. The Bertz CT molecular complexity index is 1010. The van der Waals surface area contributed by atoms with Crippen LogP contribution in [0, 0.1) is 0 Å². The van der Waals surface area contributed by atoms with Crippen molar-refractivity contribution in [1.29, 1.82) is 0 Å². The molecule has 0 aliphatic carbocycles. The van der Waals surface area contributed by atoms with Gasteiger partial charge in [-0.3, -0.25) is 9.59 Å². The molecule has 3 rings (SSSR count). The number of nitrogens with one attached hydrogen (secondary N) is 2. The summed E-state index contributed by atoms with van der Waals surface area (Å²) in [5.74, 6) is 0.479. The van der Waals surface area contributed by atoms with E-state index in [4.69, 9.17) is 13.9 Å². The molecule has 7 nitrogen and oxygen atoms in total. The second-order valence-electron chi connectivity index (χ2n) is 5.91. The number of methoxy groups -OCH3 is 2. The maximum Gasteiger partial charge on any atom is 0.272 e. The van der Waals surface area contributed by atoms with E-state index in [0.717, 1.165) is 0 Å². The van der Waals surface area contributed by atoms with Crippen LogP contribution in [0.1, 0.15) is 16.1 Å². The fourth-order valence-corrected chi connectivity index (χ4v) is 2.55. The first kappa shape index (κ1) is 19.8. The minimum Gasteiger partial charge on any atom is -0.497 e. The summed E-state index contributed by atoms with van der Waals surface area (Å²) >= 11 is 0. The van der Waals surface area contributed by atoms with E-state index in [1.807, 2.05) is 0 Å². The number of amides is 2. The summed E-state index contributed by atoms with van der Waals surface area (Å²) in [7, 11) is 3.03. The van der Waals surface area contributed by atoms with Crippen molar-refractivity contribution in [3.8, 4) is 11.5 Å². The van der Waals surface area contributed by atoms with Gasteiger partial charge in [-0.2, -0.15) is 0 Å². The second-order valence-corrected chi connectivity index (χ2v) is 5.91. The first-order valence-electron chi connectivity index (χ1n) is 8.75. The van der Waals surface area contributed by atoms with Crippen LogP contribution in [-0.2, 0) is 4.79 Å². The number of benzene rings is 2. The largest absolute Gasteiger partial charge is 0.497 e. The fraction of sp³-hybridized carbons (Fsp3) is 0.0909. The molecule has 148 valence electrons. The third-order valence-electron chi connectivity index (χ3n) is 4.02. The zero-order chi connectivity index (χ0) is 20.6. The van der Waals surface area contributed by atoms with Crippen molar-refractivity contribution in [2.75, 3.05) is 19.5 Å². The average Bonchev–Trinajstić information content (AvgIpc) is 3.27. The Morgan fingerprint density at radius 1 is 0.966 bits per heavy atom. The lowest BCUT2D eigenvalue weighted by Gasteiger charge is -2.14. The Kier molecular flexibility index (Phi) is 6.32. The molecule has 0 aliphatic rings. The van der Waals surface area contributed by atoms with Crippen LogP contribution in [0.25, 0.3) is 6.08 Å². The summed E-state index contributed by atoms with van der Waals surface area (Å²) in [5.41, 5.74) is 0.872. The minimum absolute atomic E-state index is 0.0201. The molecule has 2 N–H and O–H groups in total. The molecular weight excluding hydrogens is 372 g/mol. The number of carbonyl (C=O) groups is 2. The molecule has 2 amide bonds. The molecule has 0 unspecified atom stereocenters. The lowest BCUT2D eigenvalue weighted by Crippen LogP contribution is -2.30. The third-order valence-corrected chi connectivity index (χ3v) is 4.02. The highest BCUT2D eigenvalue weighted by Crippen LogP contribution is 2.29. The van der Waals surface area contributed by atoms with E-state index < -0.39 is 11.8 Å². The summed E-state index contributed by atoms with van der Waals surface area (Å²) in [4.78, 5) is 25.4. The predicted molar refractivity (Wildman–Crippen MR) is 109 cm³/mol. The Hall–Kier alpha value is -4.00. The van der Waals surface area contributed by atoms with E-state index >= 15 is 0 Å². The molecule has 0 radical (unpaired) electrons. The van der Waals surface area contributed by atoms with E-state index in [2.05, 4.69) is 10.6 Å². The van der Waals surface area contributed by atoms with Gasteiger partial charge >= 0.3 is 0 Å². The van der Waals surface area contributed by atoms with Gasteiger partial charge in [0.15, 0.2) is 0 Å². The maximum absolute atomic E-state index is 12.9. The maximum atomic E-state index is 12.9. The van der Waals surface area contributed by atoms with E-state index in [-0.39, 0.29) is 5.70 Å². The van der Waals surface area contributed by atoms with Gasteiger partial charge in [-0.05, 0) is 36.4 Å². The normalized spacial score (nSPS) is 10.9. The van der Waals surface area contributed by atoms with Crippen LogP contribution < -0.4 is 20.1 Å². The van der Waals surface area contributed by atoms with E-state index in [9.17, 15) is 9.59 Å². The van der Waals surface area contributed by atoms with Gasteiger partial charge in [-0.1, -0.05) is 18.2 Å². The predicted octanol–water partition coefficient (Wildman–Crippen LogP) is 3.71. The standard InChI is InChI=1S/C22H20N2O5/c1-27-16-10-11-18(20(14-16)28-2)23-22(26)19(13-17-9-6-12-29-17)24-21(25)15-7-4-3-5-8-15/h3-14H,1-2H3,(H,23,26)(H,24,25). The van der Waals surface area contributed by atoms with Crippen molar-refractivity contribution in [3.63, 3.8) is 0 Å². The van der Waals surface area contributed by atoms with Gasteiger partial charge in [-0.25, -0.2) is 0 Å². The molecule has 3 aromatic rings. The summed E-state index contributed by atoms with van der Waals surface area (Å²) in [5, 5.41) is 5.37. The van der Waals surface area contributed by atoms with Crippen molar-refractivity contribution < 1.29 is 23.5 Å². The van der Waals surface area contributed by atoms with Crippen LogP contribution in [0.3, 0.4) is 0 Å². The second kappa shape index (κ2) is 9.27. The van der Waals surface area contributed by atoms with Crippen LogP contribution in [0.5, 0.6) is 11.5 Å². The highest BCUT2D eigenvalue weighted by atomic mass is 16.5. The molecule has 0 bridgehead atoms. The molecule has 0 aliphatic heterocycles. The van der Waals surface area contributed by atoms with Gasteiger partial charge in [0.25, 0.3) is 11.8 Å². The molecule has 7 heteroatoms. The van der Waals surface area contributed by atoms with E-state index in [0.29, 0.717) is 28.5 Å². The highest BCUT2D eigenvalue weighted by molar-refractivity contribution is 6.11. The number of ether oxygens (including phenoxy) is 2. The molecule has 0 spiro atoms. The number of anilines is 1. The lowest BCUT2D eigenvalue weighted by molar-refractivity contribution is -0.113. The topological polar surface area (TPSA) is 89.8 Å². The fourth-order valence-electron chi connectivity index (χ4n) is 2.55. The Labute approximate surface area is 167 Å². The number of hydrogen-bond acceptors (Lipinski definition) is 5.